The summed E-state index contributed by atoms with van der Waals surface area (Å²) in [6.07, 6.45) is -2.60. The van der Waals surface area contributed by atoms with E-state index in [1.54, 1.807) is 6.92 Å². The molecule has 1 fully saturated rings. The number of halogens is 3. The molecule has 0 aromatic heterocycles. The molecule has 0 radical (unpaired) electrons. The SMILES string of the molecule is CC(C(=O)NCC(F)(F)F)N1CCCC(N)C1. The van der Waals surface area contributed by atoms with Crippen LogP contribution in [0.1, 0.15) is 19.8 Å². The Hall–Kier alpha value is -0.820. The van der Waals surface area contributed by atoms with Gasteiger partial charge < -0.3 is 11.1 Å². The molecule has 1 aliphatic heterocycles. The molecule has 2 unspecified atom stereocenters. The van der Waals surface area contributed by atoms with Gasteiger partial charge in [0.1, 0.15) is 6.54 Å². The molecule has 1 amide bonds. The smallest absolute Gasteiger partial charge is 0.346 e. The van der Waals surface area contributed by atoms with E-state index < -0.39 is 24.7 Å². The third-order valence-corrected chi connectivity index (χ3v) is 2.88. The Morgan fingerprint density at radius 2 is 2.24 bits per heavy atom. The summed E-state index contributed by atoms with van der Waals surface area (Å²) >= 11 is 0. The Labute approximate surface area is 98.3 Å². The number of nitrogens with one attached hydrogen (secondary N) is 1. The molecule has 1 rings (SSSR count). The van der Waals surface area contributed by atoms with Crippen molar-refractivity contribution in [2.75, 3.05) is 19.6 Å². The summed E-state index contributed by atoms with van der Waals surface area (Å²) in [5.41, 5.74) is 5.75. The summed E-state index contributed by atoms with van der Waals surface area (Å²) in [6.45, 7) is 1.58. The summed E-state index contributed by atoms with van der Waals surface area (Å²) in [5.74, 6) is -0.601. The molecule has 0 aromatic rings. The van der Waals surface area contributed by atoms with Gasteiger partial charge in [0.05, 0.1) is 6.04 Å². The number of hydrogen-bond acceptors (Lipinski definition) is 3. The van der Waals surface area contributed by atoms with Gasteiger partial charge in [-0.05, 0) is 26.3 Å². The summed E-state index contributed by atoms with van der Waals surface area (Å²) in [7, 11) is 0. The predicted molar refractivity (Wildman–Crippen MR) is 57.3 cm³/mol. The van der Waals surface area contributed by atoms with E-state index in [9.17, 15) is 18.0 Å². The average molecular weight is 253 g/mol. The lowest BCUT2D eigenvalue weighted by Crippen LogP contribution is -2.53. The van der Waals surface area contributed by atoms with Crippen molar-refractivity contribution < 1.29 is 18.0 Å². The number of nitrogens with two attached hydrogens (primary N) is 1. The number of carbonyl (C=O) groups is 1. The molecule has 1 heterocycles. The first kappa shape index (κ1) is 14.2. The first-order valence-corrected chi connectivity index (χ1v) is 5.63. The largest absolute Gasteiger partial charge is 0.405 e. The molecule has 7 heteroatoms. The Morgan fingerprint density at radius 1 is 1.59 bits per heavy atom. The van der Waals surface area contributed by atoms with Crippen LogP contribution in [0.15, 0.2) is 0 Å². The zero-order valence-electron chi connectivity index (χ0n) is 9.76. The number of piperidine rings is 1. The Kier molecular flexibility index (Phi) is 4.76. The number of amides is 1. The molecule has 17 heavy (non-hydrogen) atoms. The van der Waals surface area contributed by atoms with Gasteiger partial charge in [-0.15, -0.1) is 0 Å². The second kappa shape index (κ2) is 5.68. The highest BCUT2D eigenvalue weighted by molar-refractivity contribution is 5.81. The van der Waals surface area contributed by atoms with Gasteiger partial charge in [0, 0.05) is 12.6 Å². The molecular weight excluding hydrogens is 235 g/mol. The lowest BCUT2D eigenvalue weighted by molar-refractivity contribution is -0.141. The first-order chi connectivity index (χ1) is 7.79. The van der Waals surface area contributed by atoms with Gasteiger partial charge in [0.15, 0.2) is 0 Å². The van der Waals surface area contributed by atoms with E-state index in [2.05, 4.69) is 0 Å². The minimum atomic E-state index is -4.37. The minimum absolute atomic E-state index is 0.00150. The highest BCUT2D eigenvalue weighted by Gasteiger charge is 2.31. The monoisotopic (exact) mass is 253 g/mol. The second-order valence-electron chi connectivity index (χ2n) is 4.41. The van der Waals surface area contributed by atoms with Crippen molar-refractivity contribution in [3.8, 4) is 0 Å². The first-order valence-electron chi connectivity index (χ1n) is 5.63. The van der Waals surface area contributed by atoms with Crippen LogP contribution in [0.3, 0.4) is 0 Å². The van der Waals surface area contributed by atoms with E-state index in [0.29, 0.717) is 13.1 Å². The van der Waals surface area contributed by atoms with Crippen LogP contribution in [-0.2, 0) is 4.79 Å². The quantitative estimate of drug-likeness (QED) is 0.769. The maximum Gasteiger partial charge on any atom is 0.405 e. The van der Waals surface area contributed by atoms with Crippen LogP contribution in [0.5, 0.6) is 0 Å². The molecule has 0 saturated carbocycles. The number of likely N-dealkylation sites (tertiary alicyclic amines) is 1. The van der Waals surface area contributed by atoms with E-state index in [1.807, 2.05) is 10.2 Å². The van der Waals surface area contributed by atoms with Crippen molar-refractivity contribution >= 4 is 5.91 Å². The summed E-state index contributed by atoms with van der Waals surface area (Å²) in [6, 6.07) is -0.565. The van der Waals surface area contributed by atoms with Gasteiger partial charge in [-0.2, -0.15) is 13.2 Å². The van der Waals surface area contributed by atoms with Crippen LogP contribution >= 0.6 is 0 Å². The fourth-order valence-electron chi connectivity index (χ4n) is 1.89. The van der Waals surface area contributed by atoms with Crippen LogP contribution in [0.25, 0.3) is 0 Å². The van der Waals surface area contributed by atoms with Gasteiger partial charge in [0.2, 0.25) is 5.91 Å². The molecule has 1 aliphatic rings. The van der Waals surface area contributed by atoms with Crippen molar-refractivity contribution in [1.29, 1.82) is 0 Å². The molecule has 0 aliphatic carbocycles. The second-order valence-corrected chi connectivity index (χ2v) is 4.41. The number of carbonyl (C=O) groups excluding carboxylic acids is 1. The summed E-state index contributed by atoms with van der Waals surface area (Å²) in [4.78, 5) is 13.3. The number of rotatable bonds is 3. The Morgan fingerprint density at radius 3 is 2.76 bits per heavy atom. The highest BCUT2D eigenvalue weighted by atomic mass is 19.4. The molecule has 0 bridgehead atoms. The van der Waals surface area contributed by atoms with Gasteiger partial charge in [-0.3, -0.25) is 9.69 Å². The van der Waals surface area contributed by atoms with E-state index in [-0.39, 0.29) is 6.04 Å². The summed E-state index contributed by atoms with van der Waals surface area (Å²) in [5, 5.41) is 1.89. The van der Waals surface area contributed by atoms with Crippen molar-refractivity contribution in [2.45, 2.75) is 38.0 Å². The lowest BCUT2D eigenvalue weighted by Gasteiger charge is -2.34. The van der Waals surface area contributed by atoms with Crippen LogP contribution < -0.4 is 11.1 Å². The van der Waals surface area contributed by atoms with E-state index in [1.165, 1.54) is 0 Å². The van der Waals surface area contributed by atoms with E-state index in [0.717, 1.165) is 12.8 Å². The topological polar surface area (TPSA) is 58.4 Å². The molecule has 4 nitrogen and oxygen atoms in total. The van der Waals surface area contributed by atoms with Gasteiger partial charge in [0.25, 0.3) is 0 Å². The van der Waals surface area contributed by atoms with Crippen LogP contribution in [0.2, 0.25) is 0 Å². The standard InChI is InChI=1S/C10H18F3N3O/c1-7(9(17)15-6-10(11,12)13)16-4-2-3-8(14)5-16/h7-8H,2-6,14H2,1H3,(H,15,17). The number of nitrogens with zero attached hydrogens (tertiary/aromatic N) is 1. The van der Waals surface area contributed by atoms with Gasteiger partial charge in [-0.1, -0.05) is 0 Å². The normalized spacial score (nSPS) is 24.4. The van der Waals surface area contributed by atoms with Crippen molar-refractivity contribution in [1.82, 2.24) is 10.2 Å². The van der Waals surface area contributed by atoms with Crippen molar-refractivity contribution in [3.05, 3.63) is 0 Å². The van der Waals surface area contributed by atoms with Gasteiger partial charge in [-0.25, -0.2) is 0 Å². The van der Waals surface area contributed by atoms with E-state index >= 15 is 0 Å². The van der Waals surface area contributed by atoms with Crippen molar-refractivity contribution in [2.24, 2.45) is 5.73 Å². The van der Waals surface area contributed by atoms with Crippen LogP contribution in [0.4, 0.5) is 13.2 Å². The lowest BCUT2D eigenvalue weighted by atomic mass is 10.0. The average Bonchev–Trinajstić information content (AvgIpc) is 2.24. The maximum atomic E-state index is 11.9. The zero-order chi connectivity index (χ0) is 13.1. The molecule has 3 N–H and O–H groups in total. The van der Waals surface area contributed by atoms with Crippen LogP contribution in [0, 0.1) is 0 Å². The number of hydrogen-bond donors (Lipinski definition) is 2. The third kappa shape index (κ3) is 4.91. The Bertz CT molecular complexity index is 270. The molecule has 0 aromatic carbocycles. The van der Waals surface area contributed by atoms with Crippen LogP contribution in [-0.4, -0.2) is 48.7 Å². The molecule has 1 saturated heterocycles. The molecule has 2 atom stereocenters. The van der Waals surface area contributed by atoms with Gasteiger partial charge >= 0.3 is 6.18 Å². The minimum Gasteiger partial charge on any atom is -0.346 e. The summed E-state index contributed by atoms with van der Waals surface area (Å²) < 4.78 is 35.8. The molecule has 0 spiro atoms. The van der Waals surface area contributed by atoms with Crippen molar-refractivity contribution in [3.63, 3.8) is 0 Å². The molecule has 100 valence electrons. The third-order valence-electron chi connectivity index (χ3n) is 2.88. The fourth-order valence-corrected chi connectivity index (χ4v) is 1.89. The van der Waals surface area contributed by atoms with E-state index in [4.69, 9.17) is 5.73 Å². The molecular formula is C10H18F3N3O. The Balaban J connectivity index is 2.40. The predicted octanol–water partition coefficient (Wildman–Crippen LogP) is 0.477. The zero-order valence-corrected chi connectivity index (χ0v) is 9.76. The maximum absolute atomic E-state index is 11.9. The number of alkyl halides is 3. The highest BCUT2D eigenvalue weighted by Crippen LogP contribution is 2.14. The fraction of sp³-hybridized carbons (Fsp3) is 0.900.